The van der Waals surface area contributed by atoms with Gasteiger partial charge in [-0.1, -0.05) is 0 Å². The van der Waals surface area contributed by atoms with Gasteiger partial charge in [0, 0.05) is 6.92 Å². The number of quaternary nitrogens is 1. The number of carbonyl (C=O) groups is 1. The monoisotopic (exact) mass is 188 g/mol. The summed E-state index contributed by atoms with van der Waals surface area (Å²) in [6.07, 6.45) is 0.737. The zero-order valence-electron chi connectivity index (χ0n) is 8.70. The van der Waals surface area contributed by atoms with Gasteiger partial charge >= 0.3 is 5.97 Å². The van der Waals surface area contributed by atoms with E-state index in [-0.39, 0.29) is 12.5 Å². The standard InChI is InChI=1S/C9H18NO3/c1-7-5-9(2,12)10(7,3)6-8(11)13-4/h7,12H,5-6H2,1-4H3/q+1. The minimum atomic E-state index is -0.784. The quantitative estimate of drug-likeness (QED) is 0.494. The summed E-state index contributed by atoms with van der Waals surface area (Å²) in [5.41, 5.74) is -0.784. The minimum Gasteiger partial charge on any atom is -0.465 e. The molecule has 1 fully saturated rings. The summed E-state index contributed by atoms with van der Waals surface area (Å²) < 4.78 is 4.96. The van der Waals surface area contributed by atoms with Crippen LogP contribution >= 0.6 is 0 Å². The topological polar surface area (TPSA) is 46.5 Å². The van der Waals surface area contributed by atoms with Gasteiger partial charge in [0.1, 0.15) is 0 Å². The molecule has 0 aromatic rings. The first-order chi connectivity index (χ1) is 5.83. The summed E-state index contributed by atoms with van der Waals surface area (Å²) in [5.74, 6) is -0.269. The zero-order valence-corrected chi connectivity index (χ0v) is 8.70. The van der Waals surface area contributed by atoms with E-state index < -0.39 is 5.72 Å². The molecule has 0 saturated carbocycles. The molecule has 0 amide bonds. The van der Waals surface area contributed by atoms with Crippen LogP contribution in [-0.2, 0) is 9.53 Å². The lowest BCUT2D eigenvalue weighted by molar-refractivity contribution is -1.04. The molecule has 0 aliphatic carbocycles. The number of aliphatic hydroxyl groups is 1. The SMILES string of the molecule is COC(=O)C[N+]1(C)C(C)CC1(C)O. The number of esters is 1. The number of hydrogen-bond donors (Lipinski definition) is 1. The summed E-state index contributed by atoms with van der Waals surface area (Å²) in [6.45, 7) is 4.03. The first kappa shape index (κ1) is 10.5. The molecule has 76 valence electrons. The second-order valence-electron chi connectivity index (χ2n) is 4.27. The maximum absolute atomic E-state index is 11.1. The van der Waals surface area contributed by atoms with Gasteiger partial charge in [0.25, 0.3) is 0 Å². The Labute approximate surface area is 78.7 Å². The van der Waals surface area contributed by atoms with Crippen LogP contribution in [0.5, 0.6) is 0 Å². The largest absolute Gasteiger partial charge is 0.465 e. The van der Waals surface area contributed by atoms with Crippen molar-refractivity contribution in [3.8, 4) is 0 Å². The number of carbonyl (C=O) groups excluding carboxylic acids is 1. The van der Waals surface area contributed by atoms with E-state index in [0.717, 1.165) is 6.42 Å². The molecule has 1 aliphatic rings. The number of hydrogen-bond acceptors (Lipinski definition) is 3. The van der Waals surface area contributed by atoms with Crippen molar-refractivity contribution >= 4 is 5.97 Å². The third-order valence-electron chi connectivity index (χ3n) is 3.44. The van der Waals surface area contributed by atoms with E-state index in [0.29, 0.717) is 10.5 Å². The van der Waals surface area contributed by atoms with Crippen molar-refractivity contribution in [1.82, 2.24) is 0 Å². The number of methoxy groups -OCH3 is 1. The Morgan fingerprint density at radius 1 is 1.77 bits per heavy atom. The van der Waals surface area contributed by atoms with Crippen LogP contribution in [0.15, 0.2) is 0 Å². The smallest absolute Gasteiger partial charge is 0.361 e. The molecule has 0 aromatic heterocycles. The highest BCUT2D eigenvalue weighted by molar-refractivity contribution is 5.70. The Morgan fingerprint density at radius 2 is 2.31 bits per heavy atom. The van der Waals surface area contributed by atoms with Crippen LogP contribution in [0.1, 0.15) is 20.3 Å². The Hall–Kier alpha value is -0.610. The van der Waals surface area contributed by atoms with Crippen molar-refractivity contribution in [3.05, 3.63) is 0 Å². The van der Waals surface area contributed by atoms with Crippen LogP contribution in [0.4, 0.5) is 0 Å². The number of nitrogens with zero attached hydrogens (tertiary/aromatic N) is 1. The maximum Gasteiger partial charge on any atom is 0.361 e. The minimum absolute atomic E-state index is 0.241. The van der Waals surface area contributed by atoms with Gasteiger partial charge in [0.2, 0.25) is 5.72 Å². The van der Waals surface area contributed by atoms with Crippen LogP contribution in [0.3, 0.4) is 0 Å². The molecule has 13 heavy (non-hydrogen) atoms. The van der Waals surface area contributed by atoms with E-state index in [1.807, 2.05) is 14.0 Å². The molecular formula is C9H18NO3+. The van der Waals surface area contributed by atoms with Crippen molar-refractivity contribution in [2.24, 2.45) is 0 Å². The number of likely N-dealkylation sites (N-methyl/N-ethyl adjacent to an activating group) is 1. The van der Waals surface area contributed by atoms with Gasteiger partial charge in [-0.05, 0) is 6.92 Å². The highest BCUT2D eigenvalue weighted by Crippen LogP contribution is 2.40. The fourth-order valence-electron chi connectivity index (χ4n) is 1.99. The molecule has 3 atom stereocenters. The van der Waals surface area contributed by atoms with Crippen LogP contribution < -0.4 is 0 Å². The highest BCUT2D eigenvalue weighted by atomic mass is 16.5. The van der Waals surface area contributed by atoms with Gasteiger partial charge in [-0.2, -0.15) is 0 Å². The molecule has 3 unspecified atom stereocenters. The average Bonchev–Trinajstić information content (AvgIpc) is 2.03. The summed E-state index contributed by atoms with van der Waals surface area (Å²) in [7, 11) is 3.25. The van der Waals surface area contributed by atoms with Gasteiger partial charge in [-0.3, -0.25) is 4.48 Å². The summed E-state index contributed by atoms with van der Waals surface area (Å²) in [4.78, 5) is 11.1. The number of rotatable bonds is 2. The Kier molecular flexibility index (Phi) is 2.38. The van der Waals surface area contributed by atoms with Crippen molar-refractivity contribution in [2.75, 3.05) is 20.7 Å². The number of ether oxygens (including phenoxy) is 1. The second-order valence-corrected chi connectivity index (χ2v) is 4.27. The normalized spacial score (nSPS) is 43.9. The van der Waals surface area contributed by atoms with Crippen molar-refractivity contribution < 1.29 is 19.1 Å². The molecule has 1 saturated heterocycles. The van der Waals surface area contributed by atoms with Gasteiger partial charge in [0.15, 0.2) is 6.54 Å². The molecule has 0 bridgehead atoms. The average molecular weight is 188 g/mol. The van der Waals surface area contributed by atoms with Crippen LogP contribution in [0.25, 0.3) is 0 Å². The molecule has 0 radical (unpaired) electrons. The van der Waals surface area contributed by atoms with Gasteiger partial charge in [-0.25, -0.2) is 4.79 Å². The molecule has 4 heteroatoms. The Morgan fingerprint density at radius 3 is 2.62 bits per heavy atom. The van der Waals surface area contributed by atoms with Gasteiger partial charge in [-0.15, -0.1) is 0 Å². The number of likely N-dealkylation sites (tertiary alicyclic amines) is 1. The summed E-state index contributed by atoms with van der Waals surface area (Å²) >= 11 is 0. The predicted molar refractivity (Wildman–Crippen MR) is 47.8 cm³/mol. The first-order valence-electron chi connectivity index (χ1n) is 4.48. The van der Waals surface area contributed by atoms with Crippen LogP contribution in [0, 0.1) is 0 Å². The lowest BCUT2D eigenvalue weighted by atomic mass is 9.87. The summed E-state index contributed by atoms with van der Waals surface area (Å²) in [6, 6.07) is 0.314. The van der Waals surface area contributed by atoms with E-state index >= 15 is 0 Å². The molecular weight excluding hydrogens is 170 g/mol. The van der Waals surface area contributed by atoms with Crippen LogP contribution in [-0.4, -0.2) is 48.0 Å². The highest BCUT2D eigenvalue weighted by Gasteiger charge is 2.59. The fraction of sp³-hybridized carbons (Fsp3) is 0.889. The second kappa shape index (κ2) is 2.96. The van der Waals surface area contributed by atoms with E-state index in [2.05, 4.69) is 4.74 Å². The van der Waals surface area contributed by atoms with Crippen LogP contribution in [0.2, 0.25) is 0 Å². The Bertz CT molecular complexity index is 227. The zero-order chi connectivity index (χ0) is 10.3. The van der Waals surface area contributed by atoms with E-state index in [9.17, 15) is 9.90 Å². The Balaban J connectivity index is 2.69. The molecule has 1 heterocycles. The third kappa shape index (κ3) is 1.44. The van der Waals surface area contributed by atoms with E-state index in [1.54, 1.807) is 6.92 Å². The lowest BCUT2D eigenvalue weighted by Gasteiger charge is -2.58. The molecule has 1 aliphatic heterocycles. The van der Waals surface area contributed by atoms with Gasteiger partial charge in [0.05, 0.1) is 26.6 Å². The molecule has 0 spiro atoms. The molecule has 4 nitrogen and oxygen atoms in total. The third-order valence-corrected chi connectivity index (χ3v) is 3.44. The molecule has 0 aromatic carbocycles. The molecule has 1 rings (SSSR count). The lowest BCUT2D eigenvalue weighted by Crippen LogP contribution is -2.76. The predicted octanol–water partition coefficient (Wildman–Crippen LogP) is 0.107. The summed E-state index contributed by atoms with van der Waals surface area (Å²) in [5, 5.41) is 9.91. The van der Waals surface area contributed by atoms with Crippen molar-refractivity contribution in [3.63, 3.8) is 0 Å². The van der Waals surface area contributed by atoms with E-state index in [4.69, 9.17) is 0 Å². The van der Waals surface area contributed by atoms with Crippen molar-refractivity contribution in [1.29, 1.82) is 0 Å². The fourth-order valence-corrected chi connectivity index (χ4v) is 1.99. The van der Waals surface area contributed by atoms with Crippen molar-refractivity contribution in [2.45, 2.75) is 32.0 Å². The van der Waals surface area contributed by atoms with Gasteiger partial charge < -0.3 is 9.84 Å². The van der Waals surface area contributed by atoms with E-state index in [1.165, 1.54) is 7.11 Å². The maximum atomic E-state index is 11.1. The first-order valence-corrected chi connectivity index (χ1v) is 4.48. The molecule has 1 N–H and O–H groups in total.